The number of aromatic nitrogens is 2. The van der Waals surface area contributed by atoms with Gasteiger partial charge >= 0.3 is 0 Å². The second-order valence-electron chi connectivity index (χ2n) is 14.3. The van der Waals surface area contributed by atoms with Crippen LogP contribution in [0, 0.1) is 0 Å². The van der Waals surface area contributed by atoms with Crippen LogP contribution in [0.3, 0.4) is 0 Å². The van der Waals surface area contributed by atoms with E-state index in [1.807, 2.05) is 62.6 Å². The Morgan fingerprint density at radius 3 is 2.25 bits per heavy atom. The van der Waals surface area contributed by atoms with E-state index in [2.05, 4.69) is 83.2 Å². The van der Waals surface area contributed by atoms with E-state index in [9.17, 15) is 8.42 Å². The number of rotatable bonds is 15. The Morgan fingerprint density at radius 2 is 1.53 bits per heavy atom. The number of hydrogen-bond donors (Lipinski definition) is 2. The van der Waals surface area contributed by atoms with Crippen molar-refractivity contribution in [3.8, 4) is 11.1 Å². The fourth-order valence-corrected chi connectivity index (χ4v) is 10.3. The maximum Gasteiger partial charge on any atom is 0.266 e. The van der Waals surface area contributed by atoms with Crippen LogP contribution in [0.5, 0.6) is 0 Å². The molecule has 1 saturated heterocycles. The summed E-state index contributed by atoms with van der Waals surface area (Å²) in [6, 6.07) is 35.8. The number of anilines is 3. The number of piperazine rings is 1. The largest absolute Gasteiger partial charge is 0.381 e. The van der Waals surface area contributed by atoms with E-state index in [1.54, 1.807) is 23.9 Å². The molecule has 0 saturated carbocycles. The van der Waals surface area contributed by atoms with Crippen LogP contribution in [0.15, 0.2) is 125 Å². The van der Waals surface area contributed by atoms with Crippen LogP contribution in [-0.2, 0) is 16.6 Å². The average molecular weight is 861 g/mol. The first-order chi connectivity index (χ1) is 27.5. The number of nitrogens with zero attached hydrogens (tertiary/aromatic N) is 5. The molecule has 0 unspecified atom stereocenters. The molecule has 0 spiro atoms. The number of hydrogen-bond acceptors (Lipinski definition) is 9. The molecule has 0 aliphatic carbocycles. The Balaban J connectivity index is 1.01. The van der Waals surface area contributed by atoms with Gasteiger partial charge in [0, 0.05) is 71.2 Å². The first-order valence-electron chi connectivity index (χ1n) is 18.7. The lowest BCUT2D eigenvalue weighted by Gasteiger charge is -2.36. The van der Waals surface area contributed by atoms with Gasteiger partial charge in [0.25, 0.3) is 10.0 Å². The average Bonchev–Trinajstić information content (AvgIpc) is 3.19. The molecule has 2 N–H and O–H groups in total. The van der Waals surface area contributed by atoms with E-state index in [1.165, 1.54) is 22.3 Å². The fourth-order valence-electron chi connectivity index (χ4n) is 6.94. The number of sulfonamides is 1. The highest BCUT2D eigenvalue weighted by Crippen LogP contribution is 2.36. The van der Waals surface area contributed by atoms with Crippen molar-refractivity contribution in [2.45, 2.75) is 28.8 Å². The normalized spacial score (nSPS) is 14.2. The van der Waals surface area contributed by atoms with Gasteiger partial charge in [-0.1, -0.05) is 89.4 Å². The predicted octanol–water partition coefficient (Wildman–Crippen LogP) is 9.90. The van der Waals surface area contributed by atoms with Gasteiger partial charge in [0.15, 0.2) is 5.82 Å². The van der Waals surface area contributed by atoms with E-state index in [-0.39, 0.29) is 26.8 Å². The summed E-state index contributed by atoms with van der Waals surface area (Å²) in [5, 5.41) is 4.83. The minimum absolute atomic E-state index is 0.00725. The van der Waals surface area contributed by atoms with Crippen molar-refractivity contribution in [1.82, 2.24) is 19.8 Å². The lowest BCUT2D eigenvalue weighted by atomic mass is 9.99. The minimum atomic E-state index is -4.23. The Hall–Kier alpha value is -4.07. The molecule has 5 aromatic carbocycles. The summed E-state index contributed by atoms with van der Waals surface area (Å²) < 4.78 is 30.4. The van der Waals surface area contributed by atoms with E-state index in [0.717, 1.165) is 67.7 Å². The Morgan fingerprint density at radius 1 is 0.825 bits per heavy atom. The molecule has 2 heterocycles. The van der Waals surface area contributed by atoms with Crippen LogP contribution in [0.4, 0.5) is 17.2 Å². The van der Waals surface area contributed by atoms with Crippen LogP contribution < -0.4 is 14.9 Å². The van der Waals surface area contributed by atoms with Crippen molar-refractivity contribution in [1.29, 1.82) is 0 Å². The molecule has 0 radical (unpaired) electrons. The molecule has 1 atom stereocenters. The topological polar surface area (TPSA) is 93.7 Å². The summed E-state index contributed by atoms with van der Waals surface area (Å²) in [5.41, 5.74) is 5.91. The fraction of sp³-hybridized carbons (Fsp3) is 0.256. The van der Waals surface area contributed by atoms with Crippen molar-refractivity contribution in [2.24, 2.45) is 0 Å². The molecule has 0 amide bonds. The first kappa shape index (κ1) is 41.1. The third kappa shape index (κ3) is 10.5. The van der Waals surface area contributed by atoms with E-state index >= 15 is 0 Å². The van der Waals surface area contributed by atoms with Crippen molar-refractivity contribution in [3.63, 3.8) is 0 Å². The van der Waals surface area contributed by atoms with E-state index in [0.29, 0.717) is 16.6 Å². The van der Waals surface area contributed by atoms with Gasteiger partial charge in [-0.3, -0.25) is 9.62 Å². The molecule has 7 rings (SSSR count). The van der Waals surface area contributed by atoms with Crippen molar-refractivity contribution < 1.29 is 8.42 Å². The lowest BCUT2D eigenvalue weighted by Crippen LogP contribution is -2.46. The molecular formula is C43H44Cl3N7O2S2. The summed E-state index contributed by atoms with van der Waals surface area (Å²) >= 11 is 21.3. The van der Waals surface area contributed by atoms with Gasteiger partial charge < -0.3 is 15.1 Å². The third-order valence-electron chi connectivity index (χ3n) is 9.91. The predicted molar refractivity (Wildman–Crippen MR) is 239 cm³/mol. The molecule has 57 heavy (non-hydrogen) atoms. The third-order valence-corrected chi connectivity index (χ3v) is 13.6. The van der Waals surface area contributed by atoms with Gasteiger partial charge in [-0.2, -0.15) is 0 Å². The van der Waals surface area contributed by atoms with Crippen LogP contribution in [0.2, 0.25) is 15.1 Å². The molecule has 1 aliphatic rings. The highest BCUT2D eigenvalue weighted by molar-refractivity contribution is 7.99. The highest BCUT2D eigenvalue weighted by Gasteiger charge is 2.26. The standard InChI is InChI=1S/C43H44Cl3N7O2S2/c1-51(2)19-18-33(28-56-36-9-4-3-5-10-36)49-34-24-39(45)42(40(46)25-34)57(54,55)50-43-38-17-16-35(26-41(38)47-29-48-43)53-22-20-52(21-23-53)27-31-8-6-7-11-37(31)30-12-14-32(44)15-13-30/h3-17,24-26,29,33,49H,18-23,27-28H2,1-2H3,(H,47,48,50)/t33-/m1/s1. The lowest BCUT2D eigenvalue weighted by molar-refractivity contribution is 0.250. The summed E-state index contributed by atoms with van der Waals surface area (Å²) in [5.74, 6) is 0.945. The number of nitrogens with one attached hydrogen (secondary N) is 2. The minimum Gasteiger partial charge on any atom is -0.381 e. The second kappa shape index (κ2) is 18.7. The zero-order chi connectivity index (χ0) is 39.9. The van der Waals surface area contributed by atoms with Crippen molar-refractivity contribution >= 4 is 84.7 Å². The van der Waals surface area contributed by atoms with Crippen LogP contribution in [0.25, 0.3) is 22.0 Å². The van der Waals surface area contributed by atoms with Gasteiger partial charge in [-0.25, -0.2) is 18.4 Å². The summed E-state index contributed by atoms with van der Waals surface area (Å²) in [6.45, 7) is 5.17. The number of fused-ring (bicyclic) bond motifs is 1. The van der Waals surface area contributed by atoms with Crippen LogP contribution in [-0.4, -0.2) is 86.8 Å². The highest BCUT2D eigenvalue weighted by atomic mass is 35.5. The van der Waals surface area contributed by atoms with Gasteiger partial charge in [0.05, 0.1) is 15.6 Å². The molecular weight excluding hydrogens is 817 g/mol. The number of halogens is 3. The monoisotopic (exact) mass is 859 g/mol. The number of thioether (sulfide) groups is 1. The van der Waals surface area contributed by atoms with Crippen molar-refractivity contribution in [2.75, 3.05) is 67.5 Å². The van der Waals surface area contributed by atoms with E-state index < -0.39 is 10.0 Å². The van der Waals surface area contributed by atoms with Crippen molar-refractivity contribution in [3.05, 3.63) is 136 Å². The quantitative estimate of drug-likeness (QED) is 0.0980. The first-order valence-corrected chi connectivity index (χ1v) is 22.3. The van der Waals surface area contributed by atoms with Gasteiger partial charge in [-0.15, -0.1) is 11.8 Å². The molecule has 6 aromatic rings. The maximum absolute atomic E-state index is 13.9. The zero-order valence-electron chi connectivity index (χ0n) is 31.7. The number of benzene rings is 5. The molecule has 1 aliphatic heterocycles. The molecule has 14 heteroatoms. The van der Waals surface area contributed by atoms with Crippen LogP contribution >= 0.6 is 46.6 Å². The second-order valence-corrected chi connectivity index (χ2v) is 18.2. The Bertz CT molecular complexity index is 2390. The SMILES string of the molecule is CN(C)CC[C@H](CSc1ccccc1)Nc1cc(Cl)c(S(=O)(=O)Nc2ncnc3cc(N4CCN(Cc5ccccc5-c5ccc(Cl)cc5)CC4)ccc23)c(Cl)c1. The summed E-state index contributed by atoms with van der Waals surface area (Å²) in [6.07, 6.45) is 2.22. The summed E-state index contributed by atoms with van der Waals surface area (Å²) in [4.78, 5) is 16.7. The molecule has 0 bridgehead atoms. The van der Waals surface area contributed by atoms with Gasteiger partial charge in [-0.05, 0) is 98.3 Å². The van der Waals surface area contributed by atoms with Crippen LogP contribution in [0.1, 0.15) is 12.0 Å². The maximum atomic E-state index is 13.9. The van der Waals surface area contributed by atoms with Gasteiger partial charge in [0.1, 0.15) is 11.2 Å². The zero-order valence-corrected chi connectivity index (χ0v) is 35.6. The smallest absolute Gasteiger partial charge is 0.266 e. The molecule has 9 nitrogen and oxygen atoms in total. The summed E-state index contributed by atoms with van der Waals surface area (Å²) in [7, 11) is -0.154. The molecule has 296 valence electrons. The Labute approximate surface area is 354 Å². The van der Waals surface area contributed by atoms with E-state index in [4.69, 9.17) is 34.8 Å². The molecule has 1 fully saturated rings. The Kier molecular flexibility index (Phi) is 13.5. The molecule has 1 aromatic heterocycles. The van der Waals surface area contributed by atoms with Gasteiger partial charge in [0.2, 0.25) is 0 Å².